The molecule has 4 aromatic rings. The van der Waals surface area contributed by atoms with Gasteiger partial charge in [0.1, 0.15) is 10.2 Å². The van der Waals surface area contributed by atoms with Crippen LogP contribution in [-0.2, 0) is 25.4 Å². The third-order valence-corrected chi connectivity index (χ3v) is 7.44. The maximum absolute atomic E-state index is 13.3. The average molecular weight is 480 g/mol. The number of aliphatic hydroxyl groups excluding tert-OH is 1. The summed E-state index contributed by atoms with van der Waals surface area (Å²) in [6, 6.07) is 0. The number of hydrogen-bond acceptors (Lipinski definition) is 8. The van der Waals surface area contributed by atoms with E-state index in [0.717, 1.165) is 9.57 Å². The maximum atomic E-state index is 13.3. The van der Waals surface area contributed by atoms with Crippen molar-refractivity contribution in [2.75, 3.05) is 6.61 Å². The van der Waals surface area contributed by atoms with E-state index in [1.165, 1.54) is 34.3 Å². The Morgan fingerprint density at radius 3 is 2.61 bits per heavy atom. The Kier molecular flexibility index (Phi) is 4.90. The van der Waals surface area contributed by atoms with E-state index in [9.17, 15) is 14.7 Å². The number of aromatic nitrogens is 5. The van der Waals surface area contributed by atoms with E-state index in [0.29, 0.717) is 44.7 Å². The van der Waals surface area contributed by atoms with Gasteiger partial charge in [0, 0.05) is 24.9 Å². The van der Waals surface area contributed by atoms with Gasteiger partial charge in [-0.1, -0.05) is 11.6 Å². The lowest BCUT2D eigenvalue weighted by Gasteiger charge is -2.31. The average Bonchev–Trinajstić information content (AvgIpc) is 3.46. The summed E-state index contributed by atoms with van der Waals surface area (Å²) >= 11 is 8.87. The summed E-state index contributed by atoms with van der Waals surface area (Å²) < 4.78 is 10.6. The highest BCUT2D eigenvalue weighted by atomic mass is 35.5. The number of nitrogens with zero attached hydrogens (tertiary/aromatic N) is 5. The molecule has 12 heteroatoms. The van der Waals surface area contributed by atoms with Gasteiger partial charge in [-0.25, -0.2) is 14.8 Å². The van der Waals surface area contributed by atoms with E-state index in [-0.39, 0.29) is 6.61 Å². The van der Waals surface area contributed by atoms with Gasteiger partial charge >= 0.3 is 5.69 Å². The van der Waals surface area contributed by atoms with Crippen LogP contribution >= 0.6 is 34.3 Å². The fourth-order valence-electron chi connectivity index (χ4n) is 4.10. The first-order valence-corrected chi connectivity index (χ1v) is 11.6. The number of aliphatic hydroxyl groups is 1. The molecule has 4 aromatic heterocycles. The lowest BCUT2D eigenvalue weighted by Crippen LogP contribution is -2.37. The van der Waals surface area contributed by atoms with Gasteiger partial charge in [0.05, 0.1) is 52.2 Å². The van der Waals surface area contributed by atoms with Gasteiger partial charge in [0.15, 0.2) is 6.10 Å². The quantitative estimate of drug-likeness (QED) is 0.482. The van der Waals surface area contributed by atoms with Crippen LogP contribution in [0.4, 0.5) is 0 Å². The molecule has 0 aromatic carbocycles. The Morgan fingerprint density at radius 1 is 1.23 bits per heavy atom. The first kappa shape index (κ1) is 20.6. The van der Waals surface area contributed by atoms with E-state index in [2.05, 4.69) is 9.97 Å². The van der Waals surface area contributed by atoms with Crippen molar-refractivity contribution >= 4 is 45.2 Å². The highest BCUT2D eigenvalue weighted by Crippen LogP contribution is 2.42. The van der Waals surface area contributed by atoms with Crippen LogP contribution in [0.15, 0.2) is 20.3 Å². The van der Waals surface area contributed by atoms with Gasteiger partial charge in [-0.2, -0.15) is 0 Å². The second kappa shape index (κ2) is 7.38. The van der Waals surface area contributed by atoms with Crippen LogP contribution < -0.4 is 11.2 Å². The Bertz CT molecular complexity index is 1450. The normalized spacial score (nSPS) is 18.6. The molecule has 1 aliphatic heterocycles. The highest BCUT2D eigenvalue weighted by molar-refractivity contribution is 7.10. The van der Waals surface area contributed by atoms with E-state index >= 15 is 0 Å². The topological polar surface area (TPSA) is 104 Å². The Hall–Kier alpha value is -2.31. The summed E-state index contributed by atoms with van der Waals surface area (Å²) in [6.07, 6.45) is -1.22. The number of thiazole rings is 2. The first-order chi connectivity index (χ1) is 14.8. The molecule has 0 saturated carbocycles. The second-order valence-electron chi connectivity index (χ2n) is 7.35. The predicted octanol–water partition coefficient (Wildman–Crippen LogP) is 2.06. The molecule has 0 spiro atoms. The summed E-state index contributed by atoms with van der Waals surface area (Å²) in [7, 11) is 3.09. The number of halogens is 1. The van der Waals surface area contributed by atoms with Gasteiger partial charge in [0.25, 0.3) is 5.56 Å². The van der Waals surface area contributed by atoms with Gasteiger partial charge in [-0.05, 0) is 6.92 Å². The van der Waals surface area contributed by atoms with Crippen LogP contribution in [0, 0.1) is 6.92 Å². The molecule has 0 amide bonds. The second-order valence-corrected chi connectivity index (χ2v) is 9.69. The number of aryl methyl sites for hydroxylation is 2. The number of rotatable bonds is 3. The van der Waals surface area contributed by atoms with E-state index < -0.39 is 23.5 Å². The summed E-state index contributed by atoms with van der Waals surface area (Å²) in [4.78, 5) is 35.1. The zero-order valence-electron chi connectivity index (χ0n) is 16.8. The van der Waals surface area contributed by atoms with Crippen molar-refractivity contribution in [2.45, 2.75) is 25.7 Å². The molecular weight excluding hydrogens is 462 g/mol. The molecule has 0 aliphatic carbocycles. The van der Waals surface area contributed by atoms with Crippen molar-refractivity contribution in [3.8, 4) is 11.4 Å². The summed E-state index contributed by atoms with van der Waals surface area (Å²) in [5.74, 6) is 0. The largest absolute Gasteiger partial charge is 0.394 e. The SMILES string of the molecule is Cc1nc(-c2c3c(=O)n(C)c(=O)n(C)c3c3n2C[C@H](CO)O[C@@H]3c2nc(Cl)cs2)cs1. The van der Waals surface area contributed by atoms with Crippen LogP contribution in [0.25, 0.3) is 22.3 Å². The fraction of sp³-hybridized carbons (Fsp3) is 0.368. The van der Waals surface area contributed by atoms with Crippen molar-refractivity contribution in [1.29, 1.82) is 0 Å². The predicted molar refractivity (Wildman–Crippen MR) is 119 cm³/mol. The highest BCUT2D eigenvalue weighted by Gasteiger charge is 2.38. The molecule has 0 saturated heterocycles. The number of hydrogen-bond donors (Lipinski definition) is 1. The molecule has 0 unspecified atom stereocenters. The summed E-state index contributed by atoms with van der Waals surface area (Å²) in [6.45, 7) is 1.99. The van der Waals surface area contributed by atoms with Gasteiger partial charge in [-0.15, -0.1) is 22.7 Å². The zero-order valence-corrected chi connectivity index (χ0v) is 19.2. The Morgan fingerprint density at radius 2 is 2.00 bits per heavy atom. The van der Waals surface area contributed by atoms with Crippen LogP contribution in [-0.4, -0.2) is 41.5 Å². The molecule has 1 aliphatic rings. The molecule has 5 heterocycles. The molecule has 1 N–H and O–H groups in total. The smallest absolute Gasteiger partial charge is 0.331 e. The molecule has 0 fully saturated rings. The van der Waals surface area contributed by atoms with Crippen LogP contribution in [0.2, 0.25) is 5.15 Å². The van der Waals surface area contributed by atoms with Gasteiger partial charge in [-0.3, -0.25) is 13.9 Å². The van der Waals surface area contributed by atoms with Crippen molar-refractivity contribution in [2.24, 2.45) is 14.1 Å². The first-order valence-electron chi connectivity index (χ1n) is 9.43. The number of ether oxygens (including phenoxy) is 1. The standard InChI is InChI=1S/C19H18ClN5O4S2/c1-8-21-10(6-30-8)13-12-14(23(2)19(28)24(3)18(12)27)15-16(17-22-11(20)7-31-17)29-9(5-26)4-25(13)15/h6-7,9,16,26H,4-5H2,1-3H3/t9-,16+/m1/s1. The lowest BCUT2D eigenvalue weighted by molar-refractivity contribution is -0.0517. The van der Waals surface area contributed by atoms with Gasteiger partial charge < -0.3 is 14.4 Å². The van der Waals surface area contributed by atoms with E-state index in [1.54, 1.807) is 12.4 Å². The fourth-order valence-corrected chi connectivity index (χ4v) is 5.69. The molecule has 31 heavy (non-hydrogen) atoms. The molecule has 5 rings (SSSR count). The Balaban J connectivity index is 1.96. The van der Waals surface area contributed by atoms with Crippen molar-refractivity contribution < 1.29 is 9.84 Å². The molecule has 0 bridgehead atoms. The minimum atomic E-state index is -0.697. The summed E-state index contributed by atoms with van der Waals surface area (Å²) in [5.41, 5.74) is 1.51. The molecular formula is C19H18ClN5O4S2. The number of fused-ring (bicyclic) bond motifs is 3. The van der Waals surface area contributed by atoms with Crippen molar-refractivity contribution in [1.82, 2.24) is 23.7 Å². The molecule has 9 nitrogen and oxygen atoms in total. The minimum absolute atomic E-state index is 0.212. The third kappa shape index (κ3) is 3.03. The van der Waals surface area contributed by atoms with Crippen LogP contribution in [0.5, 0.6) is 0 Å². The molecule has 2 atom stereocenters. The van der Waals surface area contributed by atoms with Crippen LogP contribution in [0.1, 0.15) is 21.8 Å². The zero-order chi connectivity index (χ0) is 22.0. The minimum Gasteiger partial charge on any atom is -0.394 e. The van der Waals surface area contributed by atoms with E-state index in [1.807, 2.05) is 16.9 Å². The van der Waals surface area contributed by atoms with Crippen molar-refractivity contribution in [3.05, 3.63) is 52.5 Å². The van der Waals surface area contributed by atoms with Crippen LogP contribution in [0.3, 0.4) is 0 Å². The Labute approximate surface area is 188 Å². The van der Waals surface area contributed by atoms with Crippen molar-refractivity contribution in [3.63, 3.8) is 0 Å². The summed E-state index contributed by atoms with van der Waals surface area (Å²) in [5, 5.41) is 15.7. The van der Waals surface area contributed by atoms with E-state index in [4.69, 9.17) is 16.3 Å². The molecule has 162 valence electrons. The third-order valence-electron chi connectivity index (χ3n) is 5.45. The van der Waals surface area contributed by atoms with Gasteiger partial charge in [0.2, 0.25) is 0 Å². The lowest BCUT2D eigenvalue weighted by atomic mass is 10.1. The maximum Gasteiger partial charge on any atom is 0.331 e. The monoisotopic (exact) mass is 479 g/mol. The molecule has 0 radical (unpaired) electrons.